The molecule has 2 N–H and O–H groups in total. The van der Waals surface area contributed by atoms with Crippen molar-refractivity contribution >= 4 is 21.7 Å². The van der Waals surface area contributed by atoms with E-state index in [0.29, 0.717) is 6.54 Å². The van der Waals surface area contributed by atoms with E-state index in [1.807, 2.05) is 4.90 Å². The number of hydrogen-bond donors (Lipinski definition) is 2. The highest BCUT2D eigenvalue weighted by atomic mass is 32.2. The molecule has 1 aromatic carbocycles. The van der Waals surface area contributed by atoms with Gasteiger partial charge in [0.15, 0.2) is 5.96 Å². The lowest BCUT2D eigenvalue weighted by molar-refractivity contribution is -0.384. The number of nitrogens with zero attached hydrogens (tertiary/aromatic N) is 4. The molecule has 148 valence electrons. The van der Waals surface area contributed by atoms with Gasteiger partial charge in [-0.15, -0.1) is 0 Å². The molecule has 11 heteroatoms. The first-order valence-corrected chi connectivity index (χ1v) is 10.3. The smallest absolute Gasteiger partial charge is 0.269 e. The van der Waals surface area contributed by atoms with Crippen molar-refractivity contribution in [2.24, 2.45) is 4.99 Å². The standard InChI is InChI=1S/C16H23N5O5S/c22-12-13(11-20-10-2-9-19-8-1-7-17-16(19)20)18-27(25,26)15-5-3-14(4-6-15)21(23)24/h3-6,13,18,22H,1-2,7-12H2/t13-/m0/s1. The Labute approximate surface area is 157 Å². The number of benzene rings is 1. The molecule has 0 spiro atoms. The summed E-state index contributed by atoms with van der Waals surface area (Å²) in [5.41, 5.74) is -0.184. The van der Waals surface area contributed by atoms with Gasteiger partial charge in [-0.1, -0.05) is 0 Å². The zero-order chi connectivity index (χ0) is 19.4. The van der Waals surface area contributed by atoms with Gasteiger partial charge >= 0.3 is 0 Å². The molecule has 1 aromatic rings. The number of fused-ring (bicyclic) bond motifs is 1. The zero-order valence-electron chi connectivity index (χ0n) is 14.8. The molecule has 3 rings (SSSR count). The van der Waals surface area contributed by atoms with Gasteiger partial charge < -0.3 is 14.9 Å². The number of hydrogen-bond acceptors (Lipinski definition) is 8. The summed E-state index contributed by atoms with van der Waals surface area (Å²) in [6, 6.07) is 3.93. The van der Waals surface area contributed by atoms with Crippen molar-refractivity contribution in [3.8, 4) is 0 Å². The molecular formula is C16H23N5O5S. The second kappa shape index (κ2) is 8.19. The number of aliphatic hydroxyl groups is 1. The van der Waals surface area contributed by atoms with Gasteiger partial charge in [-0.2, -0.15) is 0 Å². The summed E-state index contributed by atoms with van der Waals surface area (Å²) >= 11 is 0. The molecule has 0 unspecified atom stereocenters. The van der Waals surface area contributed by atoms with E-state index in [1.54, 1.807) is 0 Å². The Morgan fingerprint density at radius 2 is 1.93 bits per heavy atom. The minimum atomic E-state index is -3.91. The van der Waals surface area contributed by atoms with E-state index in [0.717, 1.165) is 57.1 Å². The number of nitrogens with one attached hydrogen (secondary N) is 1. The fourth-order valence-electron chi connectivity index (χ4n) is 3.31. The van der Waals surface area contributed by atoms with E-state index in [-0.39, 0.29) is 17.2 Å². The largest absolute Gasteiger partial charge is 0.395 e. The number of nitro benzene ring substituents is 1. The predicted molar refractivity (Wildman–Crippen MR) is 99.0 cm³/mol. The van der Waals surface area contributed by atoms with Gasteiger partial charge in [-0.3, -0.25) is 15.1 Å². The maximum atomic E-state index is 12.6. The van der Waals surface area contributed by atoms with Crippen molar-refractivity contribution in [3.63, 3.8) is 0 Å². The van der Waals surface area contributed by atoms with Gasteiger partial charge in [0, 0.05) is 44.9 Å². The van der Waals surface area contributed by atoms with Crippen LogP contribution < -0.4 is 4.72 Å². The normalized spacial score (nSPS) is 18.6. The molecule has 1 saturated heterocycles. The topological polar surface area (TPSA) is 128 Å². The van der Waals surface area contributed by atoms with Crippen molar-refractivity contribution < 1.29 is 18.4 Å². The van der Waals surface area contributed by atoms with Crippen LogP contribution in [-0.4, -0.2) is 79.6 Å². The molecule has 0 amide bonds. The van der Waals surface area contributed by atoms with Crippen LogP contribution in [0.2, 0.25) is 0 Å². The summed E-state index contributed by atoms with van der Waals surface area (Å²) in [6.07, 6.45) is 1.96. The van der Waals surface area contributed by atoms with Crippen LogP contribution >= 0.6 is 0 Å². The number of nitro groups is 1. The third kappa shape index (κ3) is 4.54. The average molecular weight is 397 g/mol. The van der Waals surface area contributed by atoms with Crippen LogP contribution in [0.4, 0.5) is 5.69 Å². The van der Waals surface area contributed by atoms with Gasteiger partial charge in [0.05, 0.1) is 22.5 Å². The number of non-ortho nitro benzene ring substituents is 1. The van der Waals surface area contributed by atoms with E-state index in [1.165, 1.54) is 12.1 Å². The molecule has 2 heterocycles. The van der Waals surface area contributed by atoms with E-state index < -0.39 is 21.0 Å². The molecule has 27 heavy (non-hydrogen) atoms. The van der Waals surface area contributed by atoms with Crippen LogP contribution in [0, 0.1) is 10.1 Å². The van der Waals surface area contributed by atoms with Crippen molar-refractivity contribution in [1.29, 1.82) is 0 Å². The maximum Gasteiger partial charge on any atom is 0.269 e. The molecule has 1 atom stereocenters. The molecule has 0 saturated carbocycles. The minimum Gasteiger partial charge on any atom is -0.395 e. The van der Waals surface area contributed by atoms with Crippen LogP contribution in [-0.2, 0) is 10.0 Å². The second-order valence-corrected chi connectivity index (χ2v) is 8.29. The maximum absolute atomic E-state index is 12.6. The highest BCUT2D eigenvalue weighted by Gasteiger charge is 2.29. The number of aliphatic hydroxyl groups excluding tert-OH is 1. The fourth-order valence-corrected chi connectivity index (χ4v) is 4.53. The summed E-state index contributed by atoms with van der Waals surface area (Å²) in [5, 5.41) is 20.4. The Balaban J connectivity index is 1.70. The van der Waals surface area contributed by atoms with Crippen LogP contribution in [0.15, 0.2) is 34.2 Å². The molecule has 0 aromatic heterocycles. The van der Waals surface area contributed by atoms with Crippen molar-refractivity contribution in [3.05, 3.63) is 34.4 Å². The Morgan fingerprint density at radius 3 is 2.59 bits per heavy atom. The highest BCUT2D eigenvalue weighted by molar-refractivity contribution is 7.89. The van der Waals surface area contributed by atoms with Crippen molar-refractivity contribution in [1.82, 2.24) is 14.5 Å². The summed E-state index contributed by atoms with van der Waals surface area (Å²) < 4.78 is 27.6. The molecule has 2 aliphatic heterocycles. The molecule has 0 bridgehead atoms. The highest BCUT2D eigenvalue weighted by Crippen LogP contribution is 2.17. The van der Waals surface area contributed by atoms with Crippen LogP contribution in [0.25, 0.3) is 0 Å². The summed E-state index contributed by atoms with van der Waals surface area (Å²) in [6.45, 7) is 3.32. The summed E-state index contributed by atoms with van der Waals surface area (Å²) in [7, 11) is -3.91. The molecule has 0 aliphatic carbocycles. The fraction of sp³-hybridized carbons (Fsp3) is 0.562. The number of sulfonamides is 1. The van der Waals surface area contributed by atoms with E-state index in [9.17, 15) is 23.6 Å². The quantitative estimate of drug-likeness (QED) is 0.489. The number of rotatable bonds is 7. The first kappa shape index (κ1) is 19.5. The van der Waals surface area contributed by atoms with Crippen molar-refractivity contribution in [2.45, 2.75) is 23.8 Å². The van der Waals surface area contributed by atoms with Crippen LogP contribution in [0.3, 0.4) is 0 Å². The number of aliphatic imine (C=N–C) groups is 1. The third-order valence-electron chi connectivity index (χ3n) is 4.60. The van der Waals surface area contributed by atoms with Crippen LogP contribution in [0.1, 0.15) is 12.8 Å². The summed E-state index contributed by atoms with van der Waals surface area (Å²) in [4.78, 5) is 18.8. The van der Waals surface area contributed by atoms with Crippen LogP contribution in [0.5, 0.6) is 0 Å². The molecule has 1 fully saturated rings. The predicted octanol–water partition coefficient (Wildman–Crippen LogP) is 0.00140. The van der Waals surface area contributed by atoms with Gasteiger partial charge in [0.1, 0.15) is 0 Å². The lowest BCUT2D eigenvalue weighted by Crippen LogP contribution is -2.56. The lowest BCUT2D eigenvalue weighted by Gasteiger charge is -2.42. The van der Waals surface area contributed by atoms with Crippen molar-refractivity contribution in [2.75, 3.05) is 39.3 Å². The average Bonchev–Trinajstić information content (AvgIpc) is 2.67. The van der Waals surface area contributed by atoms with Gasteiger partial charge in [-0.05, 0) is 25.0 Å². The van der Waals surface area contributed by atoms with E-state index >= 15 is 0 Å². The van der Waals surface area contributed by atoms with E-state index in [4.69, 9.17) is 0 Å². The molecular weight excluding hydrogens is 374 g/mol. The third-order valence-corrected chi connectivity index (χ3v) is 6.14. The first-order valence-electron chi connectivity index (χ1n) is 8.83. The lowest BCUT2D eigenvalue weighted by atomic mass is 10.2. The van der Waals surface area contributed by atoms with Gasteiger partial charge in [-0.25, -0.2) is 13.1 Å². The molecule has 0 radical (unpaired) electrons. The Hall–Kier alpha value is -2.24. The minimum absolute atomic E-state index is 0.0816. The van der Waals surface area contributed by atoms with Gasteiger partial charge in [0.25, 0.3) is 5.69 Å². The molecule has 2 aliphatic rings. The second-order valence-electron chi connectivity index (χ2n) is 6.57. The monoisotopic (exact) mass is 397 g/mol. The number of guanidine groups is 1. The van der Waals surface area contributed by atoms with E-state index in [2.05, 4.69) is 14.6 Å². The molecule has 10 nitrogen and oxygen atoms in total. The zero-order valence-corrected chi connectivity index (χ0v) is 15.6. The first-order chi connectivity index (χ1) is 12.9. The Bertz CT molecular complexity index is 811. The Morgan fingerprint density at radius 1 is 1.22 bits per heavy atom. The van der Waals surface area contributed by atoms with Gasteiger partial charge in [0.2, 0.25) is 10.0 Å². The summed E-state index contributed by atoms with van der Waals surface area (Å²) in [5.74, 6) is 0.862. The SMILES string of the molecule is O=[N+]([O-])c1ccc(S(=O)(=O)N[C@H](CO)CN2CCCN3CCCN=C32)cc1. The Kier molecular flexibility index (Phi) is 5.92.